The Kier molecular flexibility index (Phi) is 6.26. The zero-order valence-corrected chi connectivity index (χ0v) is 22.2. The summed E-state index contributed by atoms with van der Waals surface area (Å²) in [6.45, 7) is 0.392. The molecule has 0 bridgehead atoms. The van der Waals surface area contributed by atoms with Gasteiger partial charge in [-0.1, -0.05) is 42.5 Å². The molecular weight excluding hydrogens is 504 g/mol. The number of sulfonamides is 1. The van der Waals surface area contributed by atoms with Gasteiger partial charge in [0.25, 0.3) is 0 Å². The van der Waals surface area contributed by atoms with Gasteiger partial charge < -0.3 is 9.64 Å². The second-order valence-electron chi connectivity index (χ2n) is 9.60. The molecule has 4 aromatic rings. The number of hydrogen-bond acceptors (Lipinski definition) is 5. The Bertz CT molecular complexity index is 1560. The van der Waals surface area contributed by atoms with Crippen molar-refractivity contribution >= 4 is 38.0 Å². The predicted molar refractivity (Wildman–Crippen MR) is 145 cm³/mol. The predicted octanol–water partition coefficient (Wildman–Crippen LogP) is 5.24. The van der Waals surface area contributed by atoms with Crippen LogP contribution in [-0.2, 0) is 21.2 Å². The van der Waals surface area contributed by atoms with Crippen LogP contribution in [0.5, 0.6) is 5.75 Å². The number of carbonyl (C=O) groups excluding carboxylic acids is 1. The van der Waals surface area contributed by atoms with E-state index < -0.39 is 10.0 Å². The molecule has 1 aromatic heterocycles. The van der Waals surface area contributed by atoms with E-state index in [1.54, 1.807) is 30.6 Å². The third-order valence-electron chi connectivity index (χ3n) is 7.29. The largest absolute Gasteiger partial charge is 0.497 e. The fourth-order valence-corrected chi connectivity index (χ4v) is 7.77. The van der Waals surface area contributed by atoms with Gasteiger partial charge in [0.2, 0.25) is 15.9 Å². The van der Waals surface area contributed by atoms with Crippen LogP contribution in [0.3, 0.4) is 0 Å². The first-order valence-electron chi connectivity index (χ1n) is 12.5. The highest BCUT2D eigenvalue weighted by Crippen LogP contribution is 2.39. The maximum absolute atomic E-state index is 13.9. The van der Waals surface area contributed by atoms with E-state index in [9.17, 15) is 13.2 Å². The molecule has 6 rings (SSSR count). The van der Waals surface area contributed by atoms with E-state index in [-0.39, 0.29) is 29.4 Å². The van der Waals surface area contributed by atoms with Crippen molar-refractivity contribution in [2.45, 2.75) is 36.2 Å². The summed E-state index contributed by atoms with van der Waals surface area (Å²) in [5.74, 6) is 0.582. The first kappa shape index (κ1) is 24.2. The molecule has 6 nitrogen and oxygen atoms in total. The van der Waals surface area contributed by atoms with Crippen LogP contribution in [0, 0.1) is 0 Å². The molecule has 0 spiro atoms. The summed E-state index contributed by atoms with van der Waals surface area (Å²) in [6, 6.07) is 22.4. The van der Waals surface area contributed by atoms with Gasteiger partial charge in [-0.3, -0.25) is 4.79 Å². The van der Waals surface area contributed by atoms with E-state index in [1.165, 1.54) is 9.18 Å². The molecule has 1 saturated carbocycles. The maximum atomic E-state index is 13.9. The van der Waals surface area contributed by atoms with Gasteiger partial charge in [-0.15, -0.1) is 11.3 Å². The van der Waals surface area contributed by atoms with Crippen molar-refractivity contribution in [3.05, 3.63) is 94.2 Å². The van der Waals surface area contributed by atoms with Crippen molar-refractivity contribution < 1.29 is 17.9 Å². The van der Waals surface area contributed by atoms with Crippen LogP contribution in [0.1, 0.15) is 34.9 Å². The molecule has 37 heavy (non-hydrogen) atoms. The van der Waals surface area contributed by atoms with Crippen molar-refractivity contribution in [2.75, 3.05) is 20.2 Å². The summed E-state index contributed by atoms with van der Waals surface area (Å²) in [4.78, 5) is 17.2. The van der Waals surface area contributed by atoms with Gasteiger partial charge in [0.1, 0.15) is 5.75 Å². The average Bonchev–Trinajstić information content (AvgIpc) is 3.65. The molecule has 1 amide bonds. The highest BCUT2D eigenvalue weighted by Gasteiger charge is 2.42. The quantitative estimate of drug-likeness (QED) is 0.327. The molecule has 3 aromatic carbocycles. The van der Waals surface area contributed by atoms with Crippen molar-refractivity contribution in [3.8, 4) is 5.75 Å². The van der Waals surface area contributed by atoms with Crippen LogP contribution < -0.4 is 4.74 Å². The molecule has 2 aliphatic rings. The van der Waals surface area contributed by atoms with Gasteiger partial charge in [0.15, 0.2) is 0 Å². The van der Waals surface area contributed by atoms with Gasteiger partial charge in [0.05, 0.1) is 24.6 Å². The number of methoxy groups -OCH3 is 1. The van der Waals surface area contributed by atoms with E-state index in [2.05, 4.69) is 11.4 Å². The third-order valence-corrected chi connectivity index (χ3v) is 10.2. The maximum Gasteiger partial charge on any atom is 0.243 e. The number of ether oxygens (including phenoxy) is 1. The second kappa shape index (κ2) is 9.59. The van der Waals surface area contributed by atoms with Gasteiger partial charge in [-0.25, -0.2) is 8.42 Å². The first-order chi connectivity index (χ1) is 18.0. The zero-order chi connectivity index (χ0) is 25.6. The molecule has 190 valence electrons. The number of carbonyl (C=O) groups is 1. The van der Waals surface area contributed by atoms with Gasteiger partial charge in [-0.2, -0.15) is 4.31 Å². The number of rotatable bonds is 7. The van der Waals surface area contributed by atoms with Crippen LogP contribution in [-0.4, -0.2) is 49.8 Å². The summed E-state index contributed by atoms with van der Waals surface area (Å²) >= 11 is 1.71. The molecule has 8 heteroatoms. The summed E-state index contributed by atoms with van der Waals surface area (Å²) in [6.07, 6.45) is 2.32. The van der Waals surface area contributed by atoms with Crippen LogP contribution in [0.2, 0.25) is 0 Å². The summed E-state index contributed by atoms with van der Waals surface area (Å²) < 4.78 is 34.3. The van der Waals surface area contributed by atoms with Crippen LogP contribution >= 0.6 is 11.3 Å². The van der Waals surface area contributed by atoms with E-state index >= 15 is 0 Å². The number of hydrogen-bond donors (Lipinski definition) is 0. The first-order valence-corrected chi connectivity index (χ1v) is 14.8. The average molecular weight is 533 g/mol. The molecule has 2 heterocycles. The smallest absolute Gasteiger partial charge is 0.243 e. The van der Waals surface area contributed by atoms with Gasteiger partial charge >= 0.3 is 0 Å². The Morgan fingerprint density at radius 1 is 1.03 bits per heavy atom. The summed E-state index contributed by atoms with van der Waals surface area (Å²) in [5, 5.41) is 3.92. The van der Waals surface area contributed by atoms with Crippen LogP contribution in [0.25, 0.3) is 10.8 Å². The second-order valence-corrected chi connectivity index (χ2v) is 12.5. The summed E-state index contributed by atoms with van der Waals surface area (Å²) in [5.41, 5.74) is 2.11. The minimum absolute atomic E-state index is 0.138. The van der Waals surface area contributed by atoms with Gasteiger partial charge in [-0.05, 0) is 76.9 Å². The number of amides is 1. The Balaban J connectivity index is 1.32. The van der Waals surface area contributed by atoms with Crippen molar-refractivity contribution in [1.29, 1.82) is 0 Å². The number of fused-ring (bicyclic) bond motifs is 2. The number of thiophene rings is 1. The minimum atomic E-state index is -3.83. The Morgan fingerprint density at radius 2 is 1.78 bits per heavy atom. The lowest BCUT2D eigenvalue weighted by atomic mass is 9.93. The number of nitrogens with zero attached hydrogens (tertiary/aromatic N) is 2. The fraction of sp³-hybridized carbons (Fsp3) is 0.276. The molecule has 1 aliphatic carbocycles. The van der Waals surface area contributed by atoms with E-state index in [0.29, 0.717) is 6.54 Å². The van der Waals surface area contributed by atoms with Crippen molar-refractivity contribution in [3.63, 3.8) is 0 Å². The lowest BCUT2D eigenvalue weighted by Crippen LogP contribution is -2.47. The molecule has 1 atom stereocenters. The van der Waals surface area contributed by atoms with Crippen molar-refractivity contribution in [2.24, 2.45) is 0 Å². The van der Waals surface area contributed by atoms with Crippen LogP contribution in [0.4, 0.5) is 0 Å². The molecule has 1 unspecified atom stereocenters. The minimum Gasteiger partial charge on any atom is -0.497 e. The normalized spacial score (nSPS) is 17.7. The molecule has 1 fully saturated rings. The summed E-state index contributed by atoms with van der Waals surface area (Å²) in [7, 11) is -2.20. The molecule has 0 N–H and O–H groups in total. The molecule has 0 radical (unpaired) electrons. The highest BCUT2D eigenvalue weighted by molar-refractivity contribution is 7.89. The van der Waals surface area contributed by atoms with E-state index in [4.69, 9.17) is 4.74 Å². The standard InChI is InChI=1S/C29H28N2O4S2/c1-35-24-11-6-21(7-12-24)29-26-15-17-36-27(26)14-16-30(29)28(32)19-31(23-9-10-23)37(33,34)25-13-8-20-4-2-3-5-22(20)18-25/h2-8,11-13,15,17-18,23,29H,9-10,14,16,19H2,1H3. The lowest BCUT2D eigenvalue weighted by molar-refractivity contribution is -0.133. The van der Waals surface area contributed by atoms with Crippen molar-refractivity contribution in [1.82, 2.24) is 9.21 Å². The van der Waals surface area contributed by atoms with Gasteiger partial charge in [0, 0.05) is 17.5 Å². The van der Waals surface area contributed by atoms with E-state index in [1.807, 2.05) is 59.5 Å². The lowest BCUT2D eigenvalue weighted by Gasteiger charge is -2.37. The Morgan fingerprint density at radius 3 is 2.51 bits per heavy atom. The number of benzene rings is 3. The Hall–Kier alpha value is -3.20. The van der Waals surface area contributed by atoms with Crippen LogP contribution in [0.15, 0.2) is 83.1 Å². The zero-order valence-electron chi connectivity index (χ0n) is 20.5. The SMILES string of the molecule is COc1ccc(C2c3ccsc3CCN2C(=O)CN(C2CC2)S(=O)(=O)c2ccc3ccccc3c2)cc1. The molecule has 0 saturated heterocycles. The fourth-order valence-electron chi connectivity index (χ4n) is 5.19. The highest BCUT2D eigenvalue weighted by atomic mass is 32.2. The van der Waals surface area contributed by atoms with E-state index in [0.717, 1.165) is 46.9 Å². The third kappa shape index (κ3) is 4.54. The topological polar surface area (TPSA) is 66.9 Å². The monoisotopic (exact) mass is 532 g/mol. The molecule has 1 aliphatic heterocycles. The molecular formula is C29H28N2O4S2. The Labute approximate surface area is 221 Å².